The maximum Gasteiger partial charge on any atom is 0.220 e. The van der Waals surface area contributed by atoms with E-state index in [1.54, 1.807) is 6.20 Å². The summed E-state index contributed by atoms with van der Waals surface area (Å²) in [7, 11) is 0. The van der Waals surface area contributed by atoms with E-state index in [1.165, 1.54) is 11.1 Å². The van der Waals surface area contributed by atoms with Crippen LogP contribution in [0.25, 0.3) is 11.0 Å². The van der Waals surface area contributed by atoms with E-state index in [-0.39, 0.29) is 11.9 Å². The molecule has 0 radical (unpaired) electrons. The summed E-state index contributed by atoms with van der Waals surface area (Å²) in [6.45, 7) is 6.71. The van der Waals surface area contributed by atoms with Gasteiger partial charge in [-0.15, -0.1) is 0 Å². The number of hydrogen-bond donors (Lipinski definition) is 1. The first-order valence-electron chi connectivity index (χ1n) is 9.96. The molecular weight excluding hydrogens is 350 g/mol. The zero-order valence-electron chi connectivity index (χ0n) is 16.5. The summed E-state index contributed by atoms with van der Waals surface area (Å²) in [4.78, 5) is 23.2. The smallest absolute Gasteiger partial charge is 0.220 e. The summed E-state index contributed by atoms with van der Waals surface area (Å²) in [5.74, 6) is 1.21. The molecule has 1 aliphatic heterocycles. The average Bonchev–Trinajstić information content (AvgIpc) is 3.25. The summed E-state index contributed by atoms with van der Waals surface area (Å²) in [5.41, 5.74) is 3.36. The molecule has 1 aliphatic rings. The molecule has 1 saturated heterocycles. The van der Waals surface area contributed by atoms with Crippen LogP contribution in [0, 0.1) is 0 Å². The summed E-state index contributed by atoms with van der Waals surface area (Å²) in [5, 5.41) is 3.10. The number of pyridine rings is 1. The Hall–Kier alpha value is -2.73. The molecule has 6 heteroatoms. The Bertz CT molecular complexity index is 950. The number of imidazole rings is 1. The van der Waals surface area contributed by atoms with Gasteiger partial charge in [0, 0.05) is 44.0 Å². The van der Waals surface area contributed by atoms with Crippen molar-refractivity contribution in [2.75, 3.05) is 6.54 Å². The van der Waals surface area contributed by atoms with Crippen molar-refractivity contribution in [1.29, 1.82) is 0 Å². The van der Waals surface area contributed by atoms with Crippen molar-refractivity contribution in [2.45, 2.75) is 51.9 Å². The molecule has 146 valence electrons. The topological polar surface area (TPSA) is 63.1 Å². The van der Waals surface area contributed by atoms with Crippen molar-refractivity contribution in [3.63, 3.8) is 0 Å². The van der Waals surface area contributed by atoms with Crippen LogP contribution in [-0.4, -0.2) is 37.9 Å². The Balaban J connectivity index is 1.62. The maximum absolute atomic E-state index is 11.7. The molecule has 0 bridgehead atoms. The van der Waals surface area contributed by atoms with Gasteiger partial charge < -0.3 is 9.88 Å². The monoisotopic (exact) mass is 377 g/mol. The molecule has 0 unspecified atom stereocenters. The van der Waals surface area contributed by atoms with Crippen LogP contribution in [0.15, 0.2) is 48.8 Å². The van der Waals surface area contributed by atoms with Crippen molar-refractivity contribution < 1.29 is 4.79 Å². The van der Waals surface area contributed by atoms with E-state index in [9.17, 15) is 4.79 Å². The summed E-state index contributed by atoms with van der Waals surface area (Å²) in [6.07, 6.45) is 5.22. The van der Waals surface area contributed by atoms with Gasteiger partial charge in [0.2, 0.25) is 5.91 Å². The highest BCUT2D eigenvalue weighted by atomic mass is 16.1. The van der Waals surface area contributed by atoms with Crippen LogP contribution in [0.5, 0.6) is 0 Å². The molecule has 3 heterocycles. The van der Waals surface area contributed by atoms with Crippen molar-refractivity contribution in [2.24, 2.45) is 0 Å². The quantitative estimate of drug-likeness (QED) is 0.686. The van der Waals surface area contributed by atoms with Crippen molar-refractivity contribution in [3.05, 3.63) is 60.2 Å². The molecule has 1 N–H and O–H groups in total. The van der Waals surface area contributed by atoms with Crippen LogP contribution in [0.2, 0.25) is 0 Å². The number of rotatable bonds is 7. The summed E-state index contributed by atoms with van der Waals surface area (Å²) in [6, 6.07) is 12.9. The summed E-state index contributed by atoms with van der Waals surface area (Å²) >= 11 is 0. The van der Waals surface area contributed by atoms with Gasteiger partial charge in [-0.05, 0) is 44.0 Å². The average molecular weight is 377 g/mol. The first-order valence-corrected chi connectivity index (χ1v) is 9.96. The number of nitrogens with one attached hydrogen (secondary N) is 1. The molecule has 2 aromatic heterocycles. The van der Waals surface area contributed by atoms with Gasteiger partial charge in [0.05, 0.1) is 17.6 Å². The molecule has 4 rings (SSSR count). The Kier molecular flexibility index (Phi) is 5.39. The van der Waals surface area contributed by atoms with Gasteiger partial charge in [-0.1, -0.05) is 18.2 Å². The Morgan fingerprint density at radius 3 is 2.79 bits per heavy atom. The van der Waals surface area contributed by atoms with Gasteiger partial charge >= 0.3 is 0 Å². The van der Waals surface area contributed by atoms with Gasteiger partial charge in [-0.2, -0.15) is 0 Å². The number of nitrogens with zero attached hydrogens (tertiary/aromatic N) is 4. The second kappa shape index (κ2) is 8.10. The largest absolute Gasteiger partial charge is 0.352 e. The highest BCUT2D eigenvalue weighted by Crippen LogP contribution is 2.23. The first kappa shape index (κ1) is 18.6. The van der Waals surface area contributed by atoms with E-state index >= 15 is 0 Å². The molecule has 0 aliphatic carbocycles. The van der Waals surface area contributed by atoms with Crippen LogP contribution in [0.4, 0.5) is 0 Å². The fourth-order valence-electron chi connectivity index (χ4n) is 4.04. The zero-order valence-corrected chi connectivity index (χ0v) is 16.5. The second-order valence-corrected chi connectivity index (χ2v) is 7.81. The van der Waals surface area contributed by atoms with E-state index in [2.05, 4.69) is 57.9 Å². The third-order valence-corrected chi connectivity index (χ3v) is 5.24. The van der Waals surface area contributed by atoms with Gasteiger partial charge in [0.25, 0.3) is 0 Å². The number of hydrogen-bond acceptors (Lipinski definition) is 4. The van der Waals surface area contributed by atoms with Crippen molar-refractivity contribution in [1.82, 2.24) is 24.8 Å². The molecule has 28 heavy (non-hydrogen) atoms. The SMILES string of the molecule is CC(C)n1c(CN(Cc2cccnc2)C[C@@H]2CCC(=O)N2)nc2ccccc21. The Morgan fingerprint density at radius 1 is 1.21 bits per heavy atom. The number of carbonyl (C=O) groups is 1. The van der Waals surface area contributed by atoms with Crippen LogP contribution in [-0.2, 0) is 17.9 Å². The number of carbonyl (C=O) groups excluding carboxylic acids is 1. The second-order valence-electron chi connectivity index (χ2n) is 7.81. The number of aromatic nitrogens is 3. The standard InChI is InChI=1S/C22H27N5O/c1-16(2)27-20-8-4-3-7-19(20)25-21(27)15-26(13-17-6-5-11-23-12-17)14-18-9-10-22(28)24-18/h3-8,11-12,16,18H,9-10,13-15H2,1-2H3,(H,24,28)/t18-/m0/s1. The van der Waals surface area contributed by atoms with Crippen molar-refractivity contribution in [3.8, 4) is 0 Å². The fourth-order valence-corrected chi connectivity index (χ4v) is 4.04. The van der Waals surface area contributed by atoms with E-state index < -0.39 is 0 Å². The molecule has 6 nitrogen and oxygen atoms in total. The predicted octanol–water partition coefficient (Wildman–Crippen LogP) is 3.29. The van der Waals surface area contributed by atoms with Gasteiger partial charge in [0.1, 0.15) is 5.82 Å². The minimum absolute atomic E-state index is 0.153. The molecule has 1 amide bonds. The van der Waals surface area contributed by atoms with E-state index in [1.807, 2.05) is 18.3 Å². The number of amides is 1. The Labute approximate surface area is 165 Å². The Morgan fingerprint density at radius 2 is 2.07 bits per heavy atom. The lowest BCUT2D eigenvalue weighted by Crippen LogP contribution is -2.38. The summed E-state index contributed by atoms with van der Waals surface area (Å²) < 4.78 is 2.32. The lowest BCUT2D eigenvalue weighted by Gasteiger charge is -2.26. The zero-order chi connectivity index (χ0) is 19.5. The molecular formula is C22H27N5O. The lowest BCUT2D eigenvalue weighted by atomic mass is 10.2. The van der Waals surface area contributed by atoms with Crippen LogP contribution in [0.1, 0.15) is 44.1 Å². The number of para-hydroxylation sites is 2. The van der Waals surface area contributed by atoms with Crippen LogP contribution in [0.3, 0.4) is 0 Å². The van der Waals surface area contributed by atoms with Gasteiger partial charge in [-0.25, -0.2) is 4.98 Å². The molecule has 1 aromatic carbocycles. The maximum atomic E-state index is 11.7. The molecule has 1 atom stereocenters. The number of benzene rings is 1. The third kappa shape index (κ3) is 4.07. The van der Waals surface area contributed by atoms with Gasteiger partial charge in [0.15, 0.2) is 0 Å². The first-order chi connectivity index (χ1) is 13.6. The molecule has 3 aromatic rings. The van der Waals surface area contributed by atoms with E-state index in [0.29, 0.717) is 12.5 Å². The molecule has 0 spiro atoms. The highest BCUT2D eigenvalue weighted by molar-refractivity contribution is 5.78. The van der Waals surface area contributed by atoms with Crippen LogP contribution < -0.4 is 5.32 Å². The normalized spacial score (nSPS) is 17.0. The van der Waals surface area contributed by atoms with Crippen molar-refractivity contribution >= 4 is 16.9 Å². The predicted molar refractivity (Wildman–Crippen MR) is 110 cm³/mol. The minimum atomic E-state index is 0.153. The lowest BCUT2D eigenvalue weighted by molar-refractivity contribution is -0.119. The van der Waals surface area contributed by atoms with Gasteiger partial charge in [-0.3, -0.25) is 14.7 Å². The minimum Gasteiger partial charge on any atom is -0.352 e. The van der Waals surface area contributed by atoms with Crippen LogP contribution >= 0.6 is 0 Å². The molecule has 1 fully saturated rings. The molecule has 0 saturated carbocycles. The number of fused-ring (bicyclic) bond motifs is 1. The third-order valence-electron chi connectivity index (χ3n) is 5.24. The van der Waals surface area contributed by atoms with E-state index in [0.717, 1.165) is 37.4 Å². The van der Waals surface area contributed by atoms with E-state index in [4.69, 9.17) is 4.98 Å². The fraction of sp³-hybridized carbons (Fsp3) is 0.409. The highest BCUT2D eigenvalue weighted by Gasteiger charge is 2.24.